The number of hydrogen-bond acceptors (Lipinski definition) is 3. The number of hydrogen-bond donors (Lipinski definition) is 1. The molecule has 0 aliphatic rings. The van der Waals surface area contributed by atoms with Gasteiger partial charge in [0.05, 0.1) is 10.6 Å². The zero-order chi connectivity index (χ0) is 22.6. The minimum Gasteiger partial charge on any atom is -0.350 e. The Morgan fingerprint density at radius 3 is 2.16 bits per heavy atom. The maximum absolute atomic E-state index is 13.4. The van der Waals surface area contributed by atoms with Gasteiger partial charge in [-0.3, -0.25) is 9.10 Å². The van der Waals surface area contributed by atoms with Crippen molar-refractivity contribution in [1.29, 1.82) is 0 Å². The Bertz CT molecular complexity index is 1180. The zero-order valence-corrected chi connectivity index (χ0v) is 19.4. The predicted molar refractivity (Wildman–Crippen MR) is 125 cm³/mol. The molecular formula is C23H22Cl2N2O3S. The van der Waals surface area contributed by atoms with Gasteiger partial charge in [0, 0.05) is 16.6 Å². The highest BCUT2D eigenvalue weighted by Crippen LogP contribution is 2.29. The van der Waals surface area contributed by atoms with E-state index in [-0.39, 0.29) is 27.2 Å². The molecule has 1 N–H and O–H groups in total. The van der Waals surface area contributed by atoms with Crippen LogP contribution in [0.5, 0.6) is 0 Å². The quantitative estimate of drug-likeness (QED) is 0.514. The lowest BCUT2D eigenvalue weighted by Crippen LogP contribution is -2.40. The third-order valence-electron chi connectivity index (χ3n) is 4.60. The number of sulfonamides is 1. The predicted octanol–water partition coefficient (Wildman–Crippen LogP) is 5.12. The summed E-state index contributed by atoms with van der Waals surface area (Å²) < 4.78 is 27.8. The summed E-state index contributed by atoms with van der Waals surface area (Å²) in [4.78, 5) is 12.8. The van der Waals surface area contributed by atoms with E-state index in [0.29, 0.717) is 0 Å². The second-order valence-corrected chi connectivity index (χ2v) is 9.95. The highest BCUT2D eigenvalue weighted by molar-refractivity contribution is 7.92. The van der Waals surface area contributed by atoms with Crippen LogP contribution in [0.25, 0.3) is 0 Å². The summed E-state index contributed by atoms with van der Waals surface area (Å²) in [7, 11) is -4.03. The van der Waals surface area contributed by atoms with Crippen LogP contribution < -0.4 is 9.62 Å². The van der Waals surface area contributed by atoms with Crippen LogP contribution in [0.1, 0.15) is 16.7 Å². The molecule has 0 aromatic heterocycles. The molecule has 1 amide bonds. The monoisotopic (exact) mass is 476 g/mol. The Labute approximate surface area is 192 Å². The summed E-state index contributed by atoms with van der Waals surface area (Å²) in [6.45, 7) is 3.70. The molecule has 3 aromatic rings. The summed E-state index contributed by atoms with van der Waals surface area (Å²) in [5.74, 6) is -0.451. The van der Waals surface area contributed by atoms with Gasteiger partial charge in [0.15, 0.2) is 0 Å². The highest BCUT2D eigenvalue weighted by Gasteiger charge is 2.27. The minimum absolute atomic E-state index is 0.0701. The molecule has 0 unspecified atom stereocenters. The van der Waals surface area contributed by atoms with Crippen molar-refractivity contribution in [1.82, 2.24) is 5.32 Å². The van der Waals surface area contributed by atoms with E-state index in [1.165, 1.54) is 30.3 Å². The molecule has 0 bridgehead atoms. The number of carbonyl (C=O) groups is 1. The number of rotatable bonds is 7. The Morgan fingerprint density at radius 1 is 0.903 bits per heavy atom. The van der Waals surface area contributed by atoms with Crippen LogP contribution in [0.2, 0.25) is 10.0 Å². The number of amides is 1. The molecule has 0 saturated carbocycles. The van der Waals surface area contributed by atoms with Gasteiger partial charge in [-0.15, -0.1) is 0 Å². The van der Waals surface area contributed by atoms with Gasteiger partial charge in [-0.1, -0.05) is 70.7 Å². The summed E-state index contributed by atoms with van der Waals surface area (Å²) in [6, 6.07) is 18.6. The average Bonchev–Trinajstić information content (AvgIpc) is 2.70. The lowest BCUT2D eigenvalue weighted by molar-refractivity contribution is -0.119. The van der Waals surface area contributed by atoms with Crippen molar-refractivity contribution >= 4 is 44.8 Å². The third kappa shape index (κ3) is 6.00. The van der Waals surface area contributed by atoms with Crippen LogP contribution in [0.15, 0.2) is 71.6 Å². The van der Waals surface area contributed by atoms with E-state index in [2.05, 4.69) is 5.32 Å². The fraction of sp³-hybridized carbons (Fsp3) is 0.174. The average molecular weight is 477 g/mol. The fourth-order valence-electron chi connectivity index (χ4n) is 3.04. The van der Waals surface area contributed by atoms with E-state index in [9.17, 15) is 13.2 Å². The lowest BCUT2D eigenvalue weighted by atomic mass is 10.1. The SMILES string of the molecule is Cc1ccc(S(=O)(=O)N(CC(=O)NCc2cccc(C)c2)c2cc(Cl)cc(Cl)c2)cc1. The fourth-order valence-corrected chi connectivity index (χ4v) is 4.96. The van der Waals surface area contributed by atoms with Crippen molar-refractivity contribution in [2.75, 3.05) is 10.8 Å². The van der Waals surface area contributed by atoms with Gasteiger partial charge < -0.3 is 5.32 Å². The molecule has 3 aromatic carbocycles. The third-order valence-corrected chi connectivity index (χ3v) is 6.83. The molecule has 0 atom stereocenters. The Kier molecular flexibility index (Phi) is 7.26. The first kappa shape index (κ1) is 23.1. The van der Waals surface area contributed by atoms with Gasteiger partial charge in [0.1, 0.15) is 6.54 Å². The van der Waals surface area contributed by atoms with Crippen LogP contribution in [-0.4, -0.2) is 20.9 Å². The maximum atomic E-state index is 13.4. The molecule has 5 nitrogen and oxygen atoms in total. The first-order valence-electron chi connectivity index (χ1n) is 9.53. The van der Waals surface area contributed by atoms with Crippen LogP contribution in [-0.2, 0) is 21.4 Å². The zero-order valence-electron chi connectivity index (χ0n) is 17.1. The normalized spacial score (nSPS) is 11.2. The van der Waals surface area contributed by atoms with Crippen LogP contribution in [0.4, 0.5) is 5.69 Å². The van der Waals surface area contributed by atoms with Crippen molar-refractivity contribution in [3.63, 3.8) is 0 Å². The Balaban J connectivity index is 1.90. The second-order valence-electron chi connectivity index (χ2n) is 7.22. The summed E-state index contributed by atoms with van der Waals surface area (Å²) in [5.41, 5.74) is 3.13. The molecular weight excluding hydrogens is 455 g/mol. The molecule has 0 fully saturated rings. The smallest absolute Gasteiger partial charge is 0.264 e. The van der Waals surface area contributed by atoms with Gasteiger partial charge in [-0.25, -0.2) is 8.42 Å². The lowest BCUT2D eigenvalue weighted by Gasteiger charge is -2.24. The van der Waals surface area contributed by atoms with E-state index in [1.807, 2.05) is 38.1 Å². The standard InChI is InChI=1S/C23H22Cl2N2O3S/c1-16-6-8-22(9-7-16)31(29,30)27(21-12-19(24)11-20(25)13-21)15-23(28)26-14-18-5-3-4-17(2)10-18/h3-13H,14-15H2,1-2H3,(H,26,28). The Hall–Kier alpha value is -2.54. The number of benzene rings is 3. The molecule has 162 valence electrons. The molecule has 0 saturated heterocycles. The van der Waals surface area contributed by atoms with Crippen molar-refractivity contribution in [2.24, 2.45) is 0 Å². The number of aryl methyl sites for hydroxylation is 2. The summed E-state index contributed by atoms with van der Waals surface area (Å²) in [5, 5.41) is 3.32. The number of nitrogens with zero attached hydrogens (tertiary/aromatic N) is 1. The molecule has 0 spiro atoms. The van der Waals surface area contributed by atoms with Gasteiger partial charge in [0.2, 0.25) is 5.91 Å². The van der Waals surface area contributed by atoms with Crippen LogP contribution in [0, 0.1) is 13.8 Å². The van der Waals surface area contributed by atoms with E-state index in [4.69, 9.17) is 23.2 Å². The van der Waals surface area contributed by atoms with Gasteiger partial charge in [-0.05, 0) is 49.7 Å². The molecule has 0 heterocycles. The summed E-state index contributed by atoms with van der Waals surface area (Å²) >= 11 is 12.2. The first-order chi connectivity index (χ1) is 14.6. The van der Waals surface area contributed by atoms with Crippen molar-refractivity contribution in [2.45, 2.75) is 25.3 Å². The largest absolute Gasteiger partial charge is 0.350 e. The highest BCUT2D eigenvalue weighted by atomic mass is 35.5. The maximum Gasteiger partial charge on any atom is 0.264 e. The van der Waals surface area contributed by atoms with Crippen LogP contribution in [0.3, 0.4) is 0 Å². The summed E-state index contributed by atoms with van der Waals surface area (Å²) in [6.07, 6.45) is 0. The number of halogens is 2. The topological polar surface area (TPSA) is 66.5 Å². The second kappa shape index (κ2) is 9.73. The molecule has 31 heavy (non-hydrogen) atoms. The van der Waals surface area contributed by atoms with Crippen LogP contribution >= 0.6 is 23.2 Å². The number of carbonyl (C=O) groups excluding carboxylic acids is 1. The molecule has 3 rings (SSSR count). The van der Waals surface area contributed by atoms with Crippen molar-refractivity contribution in [3.8, 4) is 0 Å². The molecule has 8 heteroatoms. The van der Waals surface area contributed by atoms with E-state index < -0.39 is 22.5 Å². The van der Waals surface area contributed by atoms with Gasteiger partial charge >= 0.3 is 0 Å². The number of anilines is 1. The van der Waals surface area contributed by atoms with Crippen molar-refractivity contribution < 1.29 is 13.2 Å². The molecule has 0 aliphatic carbocycles. The van der Waals surface area contributed by atoms with Crippen molar-refractivity contribution in [3.05, 3.63) is 93.5 Å². The van der Waals surface area contributed by atoms with Gasteiger partial charge in [0.25, 0.3) is 10.0 Å². The van der Waals surface area contributed by atoms with E-state index >= 15 is 0 Å². The van der Waals surface area contributed by atoms with Gasteiger partial charge in [-0.2, -0.15) is 0 Å². The minimum atomic E-state index is -4.03. The van der Waals surface area contributed by atoms with E-state index in [1.54, 1.807) is 12.1 Å². The number of nitrogens with one attached hydrogen (secondary N) is 1. The Morgan fingerprint density at radius 2 is 1.55 bits per heavy atom. The van der Waals surface area contributed by atoms with E-state index in [0.717, 1.165) is 21.0 Å². The first-order valence-corrected chi connectivity index (χ1v) is 11.7. The molecule has 0 radical (unpaired) electrons. The molecule has 0 aliphatic heterocycles.